The van der Waals surface area contributed by atoms with E-state index in [1.807, 2.05) is 13.0 Å². The Morgan fingerprint density at radius 1 is 1.30 bits per heavy atom. The lowest BCUT2D eigenvalue weighted by Crippen LogP contribution is -2.19. The third kappa shape index (κ3) is 3.75. The molecule has 0 saturated heterocycles. The number of hydrogen-bond acceptors (Lipinski definition) is 3. The standard InChI is InChI=1S/C17H27NO2/c1-6-7-8-13-9-16(20-5)15(18)10-14(13)17(19)12(4)11(2)3/h9-12H,6-8,18H2,1-5H3. The van der Waals surface area contributed by atoms with Crippen molar-refractivity contribution < 1.29 is 9.53 Å². The van der Waals surface area contributed by atoms with Crippen LogP contribution in [-0.2, 0) is 6.42 Å². The molecule has 1 aromatic rings. The number of aryl methyl sites for hydroxylation is 1. The number of benzene rings is 1. The van der Waals surface area contributed by atoms with Gasteiger partial charge in [0.05, 0.1) is 12.8 Å². The van der Waals surface area contributed by atoms with Gasteiger partial charge in [0.15, 0.2) is 5.78 Å². The molecule has 0 amide bonds. The van der Waals surface area contributed by atoms with E-state index in [-0.39, 0.29) is 11.7 Å². The van der Waals surface area contributed by atoms with Gasteiger partial charge in [-0.2, -0.15) is 0 Å². The van der Waals surface area contributed by atoms with Gasteiger partial charge < -0.3 is 10.5 Å². The van der Waals surface area contributed by atoms with Crippen LogP contribution in [0.25, 0.3) is 0 Å². The molecule has 0 aliphatic carbocycles. The average molecular weight is 277 g/mol. The van der Waals surface area contributed by atoms with Gasteiger partial charge >= 0.3 is 0 Å². The quantitative estimate of drug-likeness (QED) is 0.603. The van der Waals surface area contributed by atoms with Gasteiger partial charge in [0, 0.05) is 11.5 Å². The highest BCUT2D eigenvalue weighted by atomic mass is 16.5. The molecule has 0 aliphatic rings. The fraction of sp³-hybridized carbons (Fsp3) is 0.588. The molecule has 1 atom stereocenters. The summed E-state index contributed by atoms with van der Waals surface area (Å²) in [6, 6.07) is 3.70. The van der Waals surface area contributed by atoms with Crippen LogP contribution in [0.1, 0.15) is 56.5 Å². The first-order valence-electron chi connectivity index (χ1n) is 7.42. The number of nitrogens with two attached hydrogens (primary N) is 1. The van der Waals surface area contributed by atoms with Crippen molar-refractivity contribution in [3.63, 3.8) is 0 Å². The number of ether oxygens (including phenoxy) is 1. The highest BCUT2D eigenvalue weighted by molar-refractivity contribution is 6.00. The topological polar surface area (TPSA) is 52.3 Å². The van der Waals surface area contributed by atoms with Crippen LogP contribution in [0.3, 0.4) is 0 Å². The second-order valence-corrected chi connectivity index (χ2v) is 5.75. The molecule has 0 saturated carbocycles. The molecule has 0 heterocycles. The molecule has 0 aromatic heterocycles. The van der Waals surface area contributed by atoms with Crippen LogP contribution >= 0.6 is 0 Å². The Labute approximate surface area is 122 Å². The van der Waals surface area contributed by atoms with Crippen molar-refractivity contribution in [1.82, 2.24) is 0 Å². The van der Waals surface area contributed by atoms with Crippen LogP contribution in [0.4, 0.5) is 5.69 Å². The number of anilines is 1. The number of Topliss-reactive ketones (excluding diaryl/α,β-unsaturated/α-hetero) is 1. The Morgan fingerprint density at radius 2 is 1.95 bits per heavy atom. The van der Waals surface area contributed by atoms with E-state index in [1.165, 1.54) is 0 Å². The van der Waals surface area contributed by atoms with Gasteiger partial charge in [-0.05, 0) is 36.5 Å². The Balaban J connectivity index is 3.21. The van der Waals surface area contributed by atoms with Gasteiger partial charge in [0.2, 0.25) is 0 Å². The number of carbonyl (C=O) groups is 1. The summed E-state index contributed by atoms with van der Waals surface area (Å²) in [6.45, 7) is 8.27. The smallest absolute Gasteiger partial charge is 0.166 e. The highest BCUT2D eigenvalue weighted by Crippen LogP contribution is 2.29. The Hall–Kier alpha value is -1.51. The summed E-state index contributed by atoms with van der Waals surface area (Å²) in [7, 11) is 1.60. The zero-order valence-electron chi connectivity index (χ0n) is 13.3. The second-order valence-electron chi connectivity index (χ2n) is 5.75. The van der Waals surface area contributed by atoms with Gasteiger partial charge in [0.25, 0.3) is 0 Å². The summed E-state index contributed by atoms with van der Waals surface area (Å²) in [5.41, 5.74) is 8.31. The molecule has 0 fully saturated rings. The van der Waals surface area contributed by atoms with Crippen molar-refractivity contribution in [2.75, 3.05) is 12.8 Å². The largest absolute Gasteiger partial charge is 0.495 e. The molecular formula is C17H27NO2. The van der Waals surface area contributed by atoms with Crippen molar-refractivity contribution >= 4 is 11.5 Å². The predicted molar refractivity (Wildman–Crippen MR) is 84.4 cm³/mol. The third-order valence-corrected chi connectivity index (χ3v) is 3.93. The lowest BCUT2D eigenvalue weighted by molar-refractivity contribution is 0.0898. The van der Waals surface area contributed by atoms with Crippen LogP contribution in [0.5, 0.6) is 5.75 Å². The van der Waals surface area contributed by atoms with Gasteiger partial charge in [0.1, 0.15) is 5.75 Å². The van der Waals surface area contributed by atoms with Crippen LogP contribution in [0.2, 0.25) is 0 Å². The summed E-state index contributed by atoms with van der Waals surface area (Å²) < 4.78 is 5.27. The van der Waals surface area contributed by atoms with Gasteiger partial charge in [-0.25, -0.2) is 0 Å². The zero-order chi connectivity index (χ0) is 15.3. The summed E-state index contributed by atoms with van der Waals surface area (Å²) in [6.07, 6.45) is 3.04. The summed E-state index contributed by atoms with van der Waals surface area (Å²) in [5.74, 6) is 1.17. The maximum atomic E-state index is 12.6. The number of nitrogen functional groups attached to an aromatic ring is 1. The maximum absolute atomic E-state index is 12.6. The number of carbonyl (C=O) groups excluding carboxylic acids is 1. The van der Waals surface area contributed by atoms with E-state index < -0.39 is 0 Å². The molecule has 2 N–H and O–H groups in total. The zero-order valence-corrected chi connectivity index (χ0v) is 13.3. The van der Waals surface area contributed by atoms with Gasteiger partial charge in [-0.3, -0.25) is 4.79 Å². The van der Waals surface area contributed by atoms with E-state index in [1.54, 1.807) is 13.2 Å². The lowest BCUT2D eigenvalue weighted by Gasteiger charge is -2.18. The maximum Gasteiger partial charge on any atom is 0.166 e. The Morgan fingerprint density at radius 3 is 2.45 bits per heavy atom. The molecule has 0 aliphatic heterocycles. The van der Waals surface area contributed by atoms with E-state index in [9.17, 15) is 4.79 Å². The normalized spacial score (nSPS) is 12.5. The number of rotatable bonds is 7. The van der Waals surface area contributed by atoms with E-state index in [0.717, 1.165) is 30.4 Å². The molecule has 3 nitrogen and oxygen atoms in total. The fourth-order valence-corrected chi connectivity index (χ4v) is 2.17. The highest BCUT2D eigenvalue weighted by Gasteiger charge is 2.22. The van der Waals surface area contributed by atoms with Crippen LogP contribution in [-0.4, -0.2) is 12.9 Å². The van der Waals surface area contributed by atoms with Crippen molar-refractivity contribution in [2.45, 2.75) is 47.0 Å². The average Bonchev–Trinajstić information content (AvgIpc) is 2.43. The Bertz CT molecular complexity index is 466. The van der Waals surface area contributed by atoms with Gasteiger partial charge in [-0.15, -0.1) is 0 Å². The third-order valence-electron chi connectivity index (χ3n) is 3.93. The van der Waals surface area contributed by atoms with Crippen molar-refractivity contribution in [2.24, 2.45) is 11.8 Å². The molecule has 0 spiro atoms. The lowest BCUT2D eigenvalue weighted by atomic mass is 9.86. The summed E-state index contributed by atoms with van der Waals surface area (Å²) in [5, 5.41) is 0. The monoisotopic (exact) mass is 277 g/mol. The van der Waals surface area contributed by atoms with E-state index >= 15 is 0 Å². The first-order chi connectivity index (χ1) is 9.42. The summed E-state index contributed by atoms with van der Waals surface area (Å²) >= 11 is 0. The second kappa shape index (κ2) is 7.32. The number of methoxy groups -OCH3 is 1. The Kier molecular flexibility index (Phi) is 6.05. The molecule has 3 heteroatoms. The summed E-state index contributed by atoms with van der Waals surface area (Å²) in [4.78, 5) is 12.6. The fourth-order valence-electron chi connectivity index (χ4n) is 2.17. The molecule has 20 heavy (non-hydrogen) atoms. The van der Waals surface area contributed by atoms with Gasteiger partial charge in [-0.1, -0.05) is 34.1 Å². The number of unbranched alkanes of at least 4 members (excludes halogenated alkanes) is 1. The van der Waals surface area contributed by atoms with E-state index in [4.69, 9.17) is 10.5 Å². The minimum Gasteiger partial charge on any atom is -0.495 e. The van der Waals surface area contributed by atoms with E-state index in [2.05, 4.69) is 20.8 Å². The van der Waals surface area contributed by atoms with Crippen molar-refractivity contribution in [3.05, 3.63) is 23.3 Å². The number of ketones is 1. The minimum absolute atomic E-state index is 0.00294. The van der Waals surface area contributed by atoms with E-state index in [0.29, 0.717) is 17.4 Å². The first kappa shape index (κ1) is 16.5. The molecule has 1 rings (SSSR count). The van der Waals surface area contributed by atoms with Crippen LogP contribution < -0.4 is 10.5 Å². The SMILES string of the molecule is CCCCc1cc(OC)c(N)cc1C(=O)C(C)C(C)C. The van der Waals surface area contributed by atoms with Crippen LogP contribution in [0, 0.1) is 11.8 Å². The molecule has 0 radical (unpaired) electrons. The molecule has 0 bridgehead atoms. The molecular weight excluding hydrogens is 250 g/mol. The van der Waals surface area contributed by atoms with Crippen molar-refractivity contribution in [3.8, 4) is 5.75 Å². The molecule has 1 unspecified atom stereocenters. The predicted octanol–water partition coefficient (Wildman–Crippen LogP) is 4.09. The number of hydrogen-bond donors (Lipinski definition) is 1. The first-order valence-corrected chi connectivity index (χ1v) is 7.42. The molecule has 112 valence electrons. The molecule has 1 aromatic carbocycles. The van der Waals surface area contributed by atoms with Crippen LogP contribution in [0.15, 0.2) is 12.1 Å². The minimum atomic E-state index is 0.00294. The van der Waals surface area contributed by atoms with Crippen molar-refractivity contribution in [1.29, 1.82) is 0 Å².